The maximum atomic E-state index is 13.3. The lowest BCUT2D eigenvalue weighted by molar-refractivity contribution is -0.0940. The van der Waals surface area contributed by atoms with Gasteiger partial charge in [-0.25, -0.2) is 4.79 Å². The van der Waals surface area contributed by atoms with Gasteiger partial charge in [0.1, 0.15) is 5.60 Å². The van der Waals surface area contributed by atoms with Crippen LogP contribution in [0.4, 0.5) is 4.39 Å². The van der Waals surface area contributed by atoms with Crippen LogP contribution in [-0.2, 0) is 0 Å². The number of hydrogen-bond acceptors (Lipinski definition) is 5. The van der Waals surface area contributed by atoms with Gasteiger partial charge in [-0.2, -0.15) is 4.39 Å². The average Bonchev–Trinajstić information content (AvgIpc) is 2.67. The van der Waals surface area contributed by atoms with Crippen LogP contribution in [0.15, 0.2) is 15.8 Å². The van der Waals surface area contributed by atoms with Crippen LogP contribution in [0.1, 0.15) is 25.8 Å². The van der Waals surface area contributed by atoms with E-state index in [0.29, 0.717) is 0 Å². The fraction of sp³-hybridized carbons (Fsp3) is 0.667. The van der Waals surface area contributed by atoms with Crippen molar-refractivity contribution in [1.82, 2.24) is 9.55 Å². The van der Waals surface area contributed by atoms with E-state index < -0.39 is 40.7 Å². The number of rotatable bonds is 3. The van der Waals surface area contributed by atoms with Gasteiger partial charge >= 0.3 is 5.69 Å². The number of nitrogens with one attached hydrogen (secondary N) is 1. The molecule has 1 saturated carbocycles. The highest BCUT2D eigenvalue weighted by molar-refractivity contribution is 5.07. The number of H-pyrrole nitrogens is 1. The molecule has 8 heteroatoms. The molecular formula is C12H17FN2O5. The number of aromatic nitrogens is 2. The Bertz CT molecular complexity index is 613. The molecule has 20 heavy (non-hydrogen) atoms. The molecule has 7 nitrogen and oxygen atoms in total. The number of aliphatic hydroxyl groups excluding tert-OH is 2. The van der Waals surface area contributed by atoms with Gasteiger partial charge in [0.15, 0.2) is 0 Å². The summed E-state index contributed by atoms with van der Waals surface area (Å²) in [5, 5.41) is 29.8. The third kappa shape index (κ3) is 2.09. The molecule has 2 unspecified atom stereocenters. The first-order valence-corrected chi connectivity index (χ1v) is 6.37. The molecule has 0 saturated heterocycles. The van der Waals surface area contributed by atoms with Crippen molar-refractivity contribution in [1.29, 1.82) is 0 Å². The van der Waals surface area contributed by atoms with Crippen LogP contribution in [0, 0.1) is 11.7 Å². The second kappa shape index (κ2) is 5.12. The zero-order valence-electron chi connectivity index (χ0n) is 10.9. The first kappa shape index (κ1) is 14.9. The minimum atomic E-state index is -1.66. The maximum Gasteiger partial charge on any atom is 0.328 e. The molecule has 1 aromatic heterocycles. The van der Waals surface area contributed by atoms with Gasteiger partial charge < -0.3 is 15.3 Å². The molecule has 112 valence electrons. The number of halogens is 1. The van der Waals surface area contributed by atoms with Gasteiger partial charge in [-0.05, 0) is 12.8 Å². The lowest BCUT2D eigenvalue weighted by atomic mass is 9.91. The second-order valence-corrected chi connectivity index (χ2v) is 5.13. The van der Waals surface area contributed by atoms with Crippen molar-refractivity contribution in [3.8, 4) is 0 Å². The number of hydrogen-bond donors (Lipinski definition) is 4. The largest absolute Gasteiger partial charge is 0.396 e. The summed E-state index contributed by atoms with van der Waals surface area (Å²) in [5.41, 5.74) is -3.66. The zero-order chi connectivity index (χ0) is 15.1. The third-order valence-electron chi connectivity index (χ3n) is 4.12. The summed E-state index contributed by atoms with van der Waals surface area (Å²) in [6, 6.07) is -0.918. The molecule has 2 rings (SSSR count). The SMILES string of the molecule is CCC1(O)C(O)[C@@H](CO)C[C@H]1n1cc(F)c(=O)[nH]c1=O. The highest BCUT2D eigenvalue weighted by Gasteiger charge is 2.53. The van der Waals surface area contributed by atoms with Crippen molar-refractivity contribution in [3.63, 3.8) is 0 Å². The Labute approximate surface area is 113 Å². The third-order valence-corrected chi connectivity index (χ3v) is 4.12. The van der Waals surface area contributed by atoms with E-state index in [9.17, 15) is 29.3 Å². The monoisotopic (exact) mass is 288 g/mol. The minimum absolute atomic E-state index is 0.105. The van der Waals surface area contributed by atoms with Crippen molar-refractivity contribution in [2.24, 2.45) is 5.92 Å². The van der Waals surface area contributed by atoms with Gasteiger partial charge in [-0.1, -0.05) is 6.92 Å². The van der Waals surface area contributed by atoms with Gasteiger partial charge in [0.25, 0.3) is 5.56 Å². The summed E-state index contributed by atoms with van der Waals surface area (Å²) in [6.07, 6.45) is -0.293. The molecule has 4 N–H and O–H groups in total. The van der Waals surface area contributed by atoms with E-state index in [-0.39, 0.29) is 19.4 Å². The molecule has 1 aromatic rings. The Morgan fingerprint density at radius 2 is 2.20 bits per heavy atom. The normalized spacial score (nSPS) is 33.5. The standard InChI is InChI=1S/C12H17FN2O5/c1-2-12(20)8(3-6(5-16)9(12)17)15-4-7(13)10(18)14-11(15)19/h4,6,8-9,16-17,20H,2-3,5H2,1H3,(H,14,18,19)/t6-,8-,9?,12?/m1/s1. The van der Waals surface area contributed by atoms with Gasteiger partial charge in [0.05, 0.1) is 18.3 Å². The predicted octanol–water partition coefficient (Wildman–Crippen LogP) is -1.27. The Balaban J connectivity index is 2.54. The first-order valence-electron chi connectivity index (χ1n) is 6.37. The summed E-state index contributed by atoms with van der Waals surface area (Å²) in [7, 11) is 0. The molecule has 1 fully saturated rings. The molecule has 0 aromatic carbocycles. The van der Waals surface area contributed by atoms with Crippen molar-refractivity contribution in [3.05, 3.63) is 32.9 Å². The Hall–Kier alpha value is -1.51. The molecule has 0 spiro atoms. The highest BCUT2D eigenvalue weighted by Crippen LogP contribution is 2.44. The summed E-state index contributed by atoms with van der Waals surface area (Å²) in [4.78, 5) is 24.6. The van der Waals surface area contributed by atoms with Crippen LogP contribution in [0.3, 0.4) is 0 Å². The van der Waals surface area contributed by atoms with Crippen LogP contribution in [0.5, 0.6) is 0 Å². The van der Waals surface area contributed by atoms with Gasteiger partial charge in [0.2, 0.25) is 5.82 Å². The second-order valence-electron chi connectivity index (χ2n) is 5.13. The molecule has 0 radical (unpaired) electrons. The van der Waals surface area contributed by atoms with E-state index in [1.54, 1.807) is 6.92 Å². The number of aliphatic hydroxyl groups is 3. The summed E-state index contributed by atoms with van der Waals surface area (Å²) < 4.78 is 14.2. The van der Waals surface area contributed by atoms with Gasteiger partial charge in [-0.3, -0.25) is 14.3 Å². The number of nitrogens with zero attached hydrogens (tertiary/aromatic N) is 1. The summed E-state index contributed by atoms with van der Waals surface area (Å²) >= 11 is 0. The van der Waals surface area contributed by atoms with Crippen LogP contribution in [0.25, 0.3) is 0 Å². The molecule has 1 heterocycles. The van der Waals surface area contributed by atoms with E-state index in [2.05, 4.69) is 0 Å². The van der Waals surface area contributed by atoms with Crippen LogP contribution in [-0.4, -0.2) is 43.2 Å². The van der Waals surface area contributed by atoms with Crippen molar-refractivity contribution in [2.45, 2.75) is 37.5 Å². The van der Waals surface area contributed by atoms with Crippen molar-refractivity contribution in [2.75, 3.05) is 6.61 Å². The first-order chi connectivity index (χ1) is 9.35. The molecule has 4 atom stereocenters. The number of aromatic amines is 1. The van der Waals surface area contributed by atoms with E-state index in [1.165, 1.54) is 0 Å². The maximum absolute atomic E-state index is 13.3. The quantitative estimate of drug-likeness (QED) is 0.553. The van der Waals surface area contributed by atoms with Crippen molar-refractivity contribution >= 4 is 0 Å². The Morgan fingerprint density at radius 3 is 2.75 bits per heavy atom. The lowest BCUT2D eigenvalue weighted by Gasteiger charge is -2.33. The van der Waals surface area contributed by atoms with Gasteiger partial charge in [-0.15, -0.1) is 0 Å². The molecule has 0 amide bonds. The van der Waals surface area contributed by atoms with Crippen LogP contribution >= 0.6 is 0 Å². The molecular weight excluding hydrogens is 271 g/mol. The lowest BCUT2D eigenvalue weighted by Crippen LogP contribution is -2.48. The summed E-state index contributed by atoms with van der Waals surface area (Å²) in [6.45, 7) is 1.25. The molecule has 1 aliphatic rings. The Morgan fingerprint density at radius 1 is 1.55 bits per heavy atom. The molecule has 0 bridgehead atoms. The topological polar surface area (TPSA) is 116 Å². The van der Waals surface area contributed by atoms with E-state index in [1.807, 2.05) is 4.98 Å². The fourth-order valence-corrected chi connectivity index (χ4v) is 2.89. The van der Waals surface area contributed by atoms with Crippen LogP contribution in [0.2, 0.25) is 0 Å². The molecule has 0 aliphatic heterocycles. The highest BCUT2D eigenvalue weighted by atomic mass is 19.1. The van der Waals surface area contributed by atoms with E-state index in [0.717, 1.165) is 10.8 Å². The van der Waals surface area contributed by atoms with E-state index >= 15 is 0 Å². The predicted molar refractivity (Wildman–Crippen MR) is 66.8 cm³/mol. The van der Waals surface area contributed by atoms with Crippen LogP contribution < -0.4 is 11.2 Å². The smallest absolute Gasteiger partial charge is 0.328 e. The minimum Gasteiger partial charge on any atom is -0.396 e. The Kier molecular flexibility index (Phi) is 3.81. The van der Waals surface area contributed by atoms with Crippen molar-refractivity contribution < 1.29 is 19.7 Å². The molecule has 1 aliphatic carbocycles. The fourth-order valence-electron chi connectivity index (χ4n) is 2.89. The van der Waals surface area contributed by atoms with E-state index in [4.69, 9.17) is 0 Å². The average molecular weight is 288 g/mol. The zero-order valence-corrected chi connectivity index (χ0v) is 10.9. The van der Waals surface area contributed by atoms with Gasteiger partial charge in [0, 0.05) is 12.5 Å². The summed E-state index contributed by atoms with van der Waals surface area (Å²) in [5.74, 6) is -1.77.